The number of ether oxygens (including phenoxy) is 3. The number of aliphatic carboxylic acids is 1. The number of benzene rings is 2. The van der Waals surface area contributed by atoms with Gasteiger partial charge >= 0.3 is 5.97 Å². The van der Waals surface area contributed by atoms with Gasteiger partial charge in [-0.15, -0.1) is 0 Å². The standard InChI is InChI=1S/C31H35F2NO5/c1-31(2,3)30(38-5)24-13-18(9-12-20(24)23-14-27(37-4)34-16-25(23)32)17-39-26-8-6-7-21(29(26)33)22(15-28(35)36)19-10-11-19/h6-9,12-14,16,19,22,30H,10-11,15,17H2,1-5H3,(H,35,36). The lowest BCUT2D eigenvalue weighted by Crippen LogP contribution is -2.21. The maximum Gasteiger partial charge on any atom is 0.303 e. The predicted molar refractivity (Wildman–Crippen MR) is 144 cm³/mol. The van der Waals surface area contributed by atoms with Crippen molar-refractivity contribution >= 4 is 5.97 Å². The molecule has 1 heterocycles. The molecule has 208 valence electrons. The van der Waals surface area contributed by atoms with E-state index < -0.39 is 17.6 Å². The van der Waals surface area contributed by atoms with Crippen molar-refractivity contribution in [3.05, 3.63) is 77.0 Å². The highest BCUT2D eigenvalue weighted by molar-refractivity contribution is 5.70. The minimum absolute atomic E-state index is 0.0589. The third-order valence-electron chi connectivity index (χ3n) is 7.12. The third kappa shape index (κ3) is 6.56. The molecule has 1 aliphatic rings. The monoisotopic (exact) mass is 539 g/mol. The maximum absolute atomic E-state index is 15.5. The maximum atomic E-state index is 15.5. The van der Waals surface area contributed by atoms with Crippen LogP contribution < -0.4 is 9.47 Å². The molecule has 0 spiro atoms. The Morgan fingerprint density at radius 1 is 1.08 bits per heavy atom. The molecule has 1 fully saturated rings. The highest BCUT2D eigenvalue weighted by atomic mass is 19.1. The molecule has 1 aliphatic carbocycles. The first-order valence-electron chi connectivity index (χ1n) is 13.0. The van der Waals surface area contributed by atoms with Gasteiger partial charge in [0, 0.05) is 24.7 Å². The van der Waals surface area contributed by atoms with Crippen molar-refractivity contribution in [1.82, 2.24) is 4.98 Å². The minimum atomic E-state index is -0.944. The number of hydrogen-bond acceptors (Lipinski definition) is 5. The first kappa shape index (κ1) is 28.5. The number of hydrogen-bond donors (Lipinski definition) is 1. The van der Waals surface area contributed by atoms with Crippen molar-refractivity contribution in [2.24, 2.45) is 11.3 Å². The summed E-state index contributed by atoms with van der Waals surface area (Å²) in [5, 5.41) is 9.34. The highest BCUT2D eigenvalue weighted by Crippen LogP contribution is 2.46. The molecule has 8 heteroatoms. The van der Waals surface area contributed by atoms with E-state index in [1.54, 1.807) is 43.5 Å². The van der Waals surface area contributed by atoms with Crippen molar-refractivity contribution in [1.29, 1.82) is 0 Å². The van der Waals surface area contributed by atoms with E-state index >= 15 is 4.39 Å². The number of carboxylic acid groups (broad SMARTS) is 1. The van der Waals surface area contributed by atoms with Gasteiger partial charge in [0.2, 0.25) is 5.88 Å². The van der Waals surface area contributed by atoms with Gasteiger partial charge in [-0.1, -0.05) is 45.0 Å². The lowest BCUT2D eigenvalue weighted by molar-refractivity contribution is -0.137. The first-order valence-corrected chi connectivity index (χ1v) is 13.0. The molecule has 0 bridgehead atoms. The Morgan fingerprint density at radius 3 is 2.44 bits per heavy atom. The zero-order chi connectivity index (χ0) is 28.3. The van der Waals surface area contributed by atoms with E-state index in [9.17, 15) is 14.3 Å². The summed E-state index contributed by atoms with van der Waals surface area (Å²) in [6, 6.07) is 11.9. The quantitative estimate of drug-likeness (QED) is 0.275. The van der Waals surface area contributed by atoms with E-state index in [1.165, 1.54) is 7.11 Å². The molecule has 39 heavy (non-hydrogen) atoms. The van der Waals surface area contributed by atoms with E-state index in [0.717, 1.165) is 30.2 Å². The van der Waals surface area contributed by atoms with Gasteiger partial charge in [-0.25, -0.2) is 13.8 Å². The minimum Gasteiger partial charge on any atom is -0.486 e. The summed E-state index contributed by atoms with van der Waals surface area (Å²) < 4.78 is 47.4. The molecule has 0 aliphatic heterocycles. The van der Waals surface area contributed by atoms with Crippen LogP contribution in [0.1, 0.15) is 68.7 Å². The average Bonchev–Trinajstić information content (AvgIpc) is 3.72. The number of carboxylic acids is 1. The molecule has 0 radical (unpaired) electrons. The van der Waals surface area contributed by atoms with E-state index in [0.29, 0.717) is 16.7 Å². The second kappa shape index (κ2) is 11.7. The fraction of sp³-hybridized carbons (Fsp3) is 0.419. The van der Waals surface area contributed by atoms with Crippen molar-refractivity contribution in [3.8, 4) is 22.8 Å². The Morgan fingerprint density at radius 2 is 1.82 bits per heavy atom. The van der Waals surface area contributed by atoms with Crippen LogP contribution in [0.2, 0.25) is 0 Å². The first-order chi connectivity index (χ1) is 18.5. The van der Waals surface area contributed by atoms with Gasteiger partial charge in [0.1, 0.15) is 12.4 Å². The molecule has 0 saturated heterocycles. The number of halogens is 2. The Balaban J connectivity index is 1.67. The largest absolute Gasteiger partial charge is 0.486 e. The van der Waals surface area contributed by atoms with Crippen molar-refractivity contribution in [2.75, 3.05) is 14.2 Å². The molecule has 1 N–H and O–H groups in total. The summed E-state index contributed by atoms with van der Waals surface area (Å²) in [5.41, 5.74) is 2.52. The van der Waals surface area contributed by atoms with Gasteiger partial charge in [-0.05, 0) is 58.6 Å². The predicted octanol–water partition coefficient (Wildman–Crippen LogP) is 7.32. The van der Waals surface area contributed by atoms with Crippen LogP contribution in [0.4, 0.5) is 8.78 Å². The number of methoxy groups -OCH3 is 2. The van der Waals surface area contributed by atoms with Crippen LogP contribution in [0, 0.1) is 23.0 Å². The van der Waals surface area contributed by atoms with E-state index in [2.05, 4.69) is 4.98 Å². The molecule has 6 nitrogen and oxygen atoms in total. The summed E-state index contributed by atoms with van der Waals surface area (Å²) in [4.78, 5) is 15.3. The molecular formula is C31H35F2NO5. The molecule has 2 aromatic carbocycles. The fourth-order valence-electron chi connectivity index (χ4n) is 5.15. The fourth-order valence-corrected chi connectivity index (χ4v) is 5.15. The van der Waals surface area contributed by atoms with Gasteiger partial charge < -0.3 is 19.3 Å². The summed E-state index contributed by atoms with van der Waals surface area (Å²) in [6.07, 6.45) is 2.42. The number of aromatic nitrogens is 1. The van der Waals surface area contributed by atoms with E-state index in [4.69, 9.17) is 14.2 Å². The van der Waals surface area contributed by atoms with Gasteiger partial charge in [0.25, 0.3) is 0 Å². The molecule has 4 rings (SSSR count). The van der Waals surface area contributed by atoms with Crippen LogP contribution in [0.15, 0.2) is 48.7 Å². The SMILES string of the molecule is COc1cc(-c2ccc(COc3cccc(C(CC(=O)O)C4CC4)c3F)cc2C(OC)C(C)(C)C)c(F)cn1. The molecule has 3 aromatic rings. The van der Waals surface area contributed by atoms with Crippen LogP contribution in [0.25, 0.3) is 11.1 Å². The van der Waals surface area contributed by atoms with E-state index in [-0.39, 0.29) is 48.0 Å². The van der Waals surface area contributed by atoms with Crippen LogP contribution in [0.3, 0.4) is 0 Å². The summed E-state index contributed by atoms with van der Waals surface area (Å²) in [7, 11) is 3.09. The topological polar surface area (TPSA) is 77.9 Å². The molecule has 1 saturated carbocycles. The summed E-state index contributed by atoms with van der Waals surface area (Å²) in [6.45, 7) is 6.16. The summed E-state index contributed by atoms with van der Waals surface area (Å²) >= 11 is 0. The normalized spacial score (nSPS) is 15.1. The van der Waals surface area contributed by atoms with Crippen LogP contribution in [-0.4, -0.2) is 30.3 Å². The second-order valence-corrected chi connectivity index (χ2v) is 11.1. The van der Waals surface area contributed by atoms with Gasteiger partial charge in [-0.3, -0.25) is 4.79 Å². The number of pyridine rings is 1. The zero-order valence-corrected chi connectivity index (χ0v) is 23.0. The zero-order valence-electron chi connectivity index (χ0n) is 23.0. The van der Waals surface area contributed by atoms with E-state index in [1.807, 2.05) is 26.8 Å². The van der Waals surface area contributed by atoms with Crippen molar-refractivity contribution < 1.29 is 32.9 Å². The number of rotatable bonds is 11. The molecule has 0 amide bonds. The molecule has 2 atom stereocenters. The van der Waals surface area contributed by atoms with Crippen molar-refractivity contribution in [3.63, 3.8) is 0 Å². The van der Waals surface area contributed by atoms with Crippen molar-refractivity contribution in [2.45, 2.75) is 58.7 Å². The molecular weight excluding hydrogens is 504 g/mol. The Hall–Kier alpha value is -3.52. The van der Waals surface area contributed by atoms with Crippen LogP contribution >= 0.6 is 0 Å². The molecule has 1 aromatic heterocycles. The summed E-state index contributed by atoms with van der Waals surface area (Å²) in [5.74, 6) is -1.80. The van der Waals surface area contributed by atoms with Crippen LogP contribution in [0.5, 0.6) is 11.6 Å². The highest BCUT2D eigenvalue weighted by Gasteiger charge is 2.36. The second-order valence-electron chi connectivity index (χ2n) is 11.1. The Labute approximate surface area is 227 Å². The Bertz CT molecular complexity index is 1330. The van der Waals surface area contributed by atoms with Gasteiger partial charge in [-0.2, -0.15) is 0 Å². The third-order valence-corrected chi connectivity index (χ3v) is 7.12. The van der Waals surface area contributed by atoms with Crippen LogP contribution in [-0.2, 0) is 16.1 Å². The van der Waals surface area contributed by atoms with Gasteiger partial charge in [0.05, 0.1) is 25.8 Å². The average molecular weight is 540 g/mol. The number of nitrogens with zero attached hydrogens (tertiary/aromatic N) is 1. The smallest absolute Gasteiger partial charge is 0.303 e. The Kier molecular flexibility index (Phi) is 8.54. The molecule has 2 unspecified atom stereocenters. The lowest BCUT2D eigenvalue weighted by atomic mass is 9.81. The lowest BCUT2D eigenvalue weighted by Gasteiger charge is -2.32. The number of carbonyl (C=O) groups is 1. The van der Waals surface area contributed by atoms with Gasteiger partial charge in [0.15, 0.2) is 11.6 Å².